The maximum Gasteiger partial charge on any atom is 0.238 e. The predicted molar refractivity (Wildman–Crippen MR) is 82.7 cm³/mol. The number of aryl methyl sites for hydroxylation is 2. The molecular formula is C15H18N2O3S. The first kappa shape index (κ1) is 15.3. The van der Waals surface area contributed by atoms with Crippen LogP contribution in [0.2, 0.25) is 0 Å². The fourth-order valence-corrected chi connectivity index (χ4v) is 2.63. The first-order valence-electron chi connectivity index (χ1n) is 6.43. The number of anilines is 1. The van der Waals surface area contributed by atoms with Crippen LogP contribution in [-0.4, -0.2) is 13.5 Å². The van der Waals surface area contributed by atoms with E-state index in [1.807, 2.05) is 26.0 Å². The summed E-state index contributed by atoms with van der Waals surface area (Å²) in [5.74, 6) is 0.316. The van der Waals surface area contributed by atoms with Gasteiger partial charge in [0.15, 0.2) is 0 Å². The van der Waals surface area contributed by atoms with E-state index in [-0.39, 0.29) is 4.90 Å². The van der Waals surface area contributed by atoms with Crippen molar-refractivity contribution in [2.45, 2.75) is 25.3 Å². The average molecular weight is 306 g/mol. The molecule has 0 amide bonds. The van der Waals surface area contributed by atoms with Crippen molar-refractivity contribution < 1.29 is 13.5 Å². The summed E-state index contributed by atoms with van der Waals surface area (Å²) in [7, 11) is -3.66. The van der Waals surface area contributed by atoms with Crippen LogP contribution < -0.4 is 10.5 Å². The number of benzene rings is 2. The number of sulfonamides is 1. The van der Waals surface area contributed by atoms with Gasteiger partial charge in [0.05, 0.1) is 4.90 Å². The third kappa shape index (κ3) is 3.74. The quantitative estimate of drug-likeness (QED) is 0.808. The van der Waals surface area contributed by atoms with Crippen LogP contribution in [0.1, 0.15) is 16.7 Å². The zero-order valence-corrected chi connectivity index (χ0v) is 12.7. The molecule has 0 atom stereocenters. The molecule has 2 aromatic rings. The Labute approximate surface area is 124 Å². The maximum absolute atomic E-state index is 11.2. The molecule has 0 radical (unpaired) electrons. The van der Waals surface area contributed by atoms with E-state index in [9.17, 15) is 13.5 Å². The second-order valence-electron chi connectivity index (χ2n) is 5.00. The number of phenolic OH excluding ortho intramolecular Hbond substituents is 1. The summed E-state index contributed by atoms with van der Waals surface area (Å²) in [4.78, 5) is 0.0874. The second-order valence-corrected chi connectivity index (χ2v) is 6.56. The summed E-state index contributed by atoms with van der Waals surface area (Å²) in [5, 5.41) is 18.0. The number of rotatable bonds is 4. The molecule has 0 saturated heterocycles. The van der Waals surface area contributed by atoms with Gasteiger partial charge in [0.2, 0.25) is 10.0 Å². The molecule has 0 saturated carbocycles. The lowest BCUT2D eigenvalue weighted by Crippen LogP contribution is -2.12. The third-order valence-corrected chi connectivity index (χ3v) is 4.16. The number of nitrogens with one attached hydrogen (secondary N) is 1. The molecule has 0 aliphatic rings. The number of nitrogens with two attached hydrogens (primary N) is 1. The predicted octanol–water partition coefficient (Wildman–Crippen LogP) is 2.27. The minimum absolute atomic E-state index is 0.0874. The van der Waals surface area contributed by atoms with Crippen molar-refractivity contribution in [2.24, 2.45) is 5.14 Å². The van der Waals surface area contributed by atoms with E-state index in [2.05, 4.69) is 5.32 Å². The van der Waals surface area contributed by atoms with E-state index in [1.54, 1.807) is 12.1 Å². The molecule has 6 heteroatoms. The molecule has 0 bridgehead atoms. The minimum atomic E-state index is -3.66. The van der Waals surface area contributed by atoms with Crippen molar-refractivity contribution in [3.8, 4) is 5.75 Å². The summed E-state index contributed by atoms with van der Waals surface area (Å²) in [6, 6.07) is 10.1. The molecule has 0 spiro atoms. The fourth-order valence-electron chi connectivity index (χ4n) is 2.11. The Kier molecular flexibility index (Phi) is 4.20. The maximum atomic E-state index is 11.2. The van der Waals surface area contributed by atoms with E-state index in [0.717, 1.165) is 22.4 Å². The molecule has 0 aliphatic carbocycles. The standard InChI is InChI=1S/C15H18N2O3S/c1-10-7-12(8-11(2)15(10)18)9-17-13-3-5-14(6-4-13)21(16,19)20/h3-8,17-18H,9H2,1-2H3,(H2,16,19,20). The fraction of sp³-hybridized carbons (Fsp3) is 0.200. The lowest BCUT2D eigenvalue weighted by atomic mass is 10.1. The molecule has 2 rings (SSSR count). The van der Waals surface area contributed by atoms with E-state index >= 15 is 0 Å². The van der Waals surface area contributed by atoms with Crippen molar-refractivity contribution in [1.82, 2.24) is 0 Å². The van der Waals surface area contributed by atoms with E-state index in [1.165, 1.54) is 12.1 Å². The van der Waals surface area contributed by atoms with Crippen LogP contribution >= 0.6 is 0 Å². The van der Waals surface area contributed by atoms with Crippen LogP contribution in [0.3, 0.4) is 0 Å². The summed E-state index contributed by atoms with van der Waals surface area (Å²) in [5.41, 5.74) is 3.50. The summed E-state index contributed by atoms with van der Waals surface area (Å²) in [6.07, 6.45) is 0. The van der Waals surface area contributed by atoms with E-state index < -0.39 is 10.0 Å². The van der Waals surface area contributed by atoms with Gasteiger partial charge in [0.1, 0.15) is 5.75 Å². The Morgan fingerprint density at radius 2 is 1.62 bits per heavy atom. The van der Waals surface area contributed by atoms with Crippen LogP contribution in [0, 0.1) is 13.8 Å². The lowest BCUT2D eigenvalue weighted by Gasteiger charge is -2.10. The van der Waals surface area contributed by atoms with Crippen molar-refractivity contribution in [3.05, 3.63) is 53.1 Å². The van der Waals surface area contributed by atoms with E-state index in [4.69, 9.17) is 5.14 Å². The molecule has 0 aromatic heterocycles. The zero-order chi connectivity index (χ0) is 15.6. The first-order chi connectivity index (χ1) is 9.77. The molecule has 112 valence electrons. The average Bonchev–Trinajstić information content (AvgIpc) is 2.42. The van der Waals surface area contributed by atoms with Gasteiger partial charge < -0.3 is 10.4 Å². The van der Waals surface area contributed by atoms with Crippen molar-refractivity contribution in [2.75, 3.05) is 5.32 Å². The molecular weight excluding hydrogens is 288 g/mol. The van der Waals surface area contributed by atoms with Crippen LogP contribution in [0.25, 0.3) is 0 Å². The van der Waals surface area contributed by atoms with Gasteiger partial charge in [-0.1, -0.05) is 12.1 Å². The van der Waals surface area contributed by atoms with Gasteiger partial charge in [-0.15, -0.1) is 0 Å². The number of hydrogen-bond acceptors (Lipinski definition) is 4. The van der Waals surface area contributed by atoms with Crippen LogP contribution in [0.15, 0.2) is 41.3 Å². The topological polar surface area (TPSA) is 92.4 Å². The highest BCUT2D eigenvalue weighted by molar-refractivity contribution is 7.89. The molecule has 0 aliphatic heterocycles. The van der Waals surface area contributed by atoms with Gasteiger partial charge in [0.25, 0.3) is 0 Å². The molecule has 21 heavy (non-hydrogen) atoms. The largest absolute Gasteiger partial charge is 0.507 e. The normalized spacial score (nSPS) is 11.4. The first-order valence-corrected chi connectivity index (χ1v) is 7.98. The van der Waals surface area contributed by atoms with Crippen LogP contribution in [0.4, 0.5) is 5.69 Å². The van der Waals surface area contributed by atoms with Crippen LogP contribution in [0.5, 0.6) is 5.75 Å². The Bertz CT molecular complexity index is 730. The van der Waals surface area contributed by atoms with Crippen molar-refractivity contribution in [3.63, 3.8) is 0 Å². The van der Waals surface area contributed by atoms with E-state index in [0.29, 0.717) is 12.3 Å². The summed E-state index contributed by atoms with van der Waals surface area (Å²) >= 11 is 0. The smallest absolute Gasteiger partial charge is 0.238 e. The number of hydrogen-bond donors (Lipinski definition) is 3. The summed E-state index contributed by atoms with van der Waals surface area (Å²) in [6.45, 7) is 4.29. The zero-order valence-electron chi connectivity index (χ0n) is 11.9. The highest BCUT2D eigenvalue weighted by atomic mass is 32.2. The number of aromatic hydroxyl groups is 1. The highest BCUT2D eigenvalue weighted by Crippen LogP contribution is 2.23. The number of phenols is 1. The number of primary sulfonamides is 1. The monoisotopic (exact) mass is 306 g/mol. The highest BCUT2D eigenvalue weighted by Gasteiger charge is 2.07. The Morgan fingerprint density at radius 1 is 1.10 bits per heavy atom. The SMILES string of the molecule is Cc1cc(CNc2ccc(S(N)(=O)=O)cc2)cc(C)c1O. The van der Waals surface area contributed by atoms with Crippen molar-refractivity contribution >= 4 is 15.7 Å². The molecule has 5 nitrogen and oxygen atoms in total. The minimum Gasteiger partial charge on any atom is -0.507 e. The van der Waals surface area contributed by atoms with Gasteiger partial charge in [0, 0.05) is 12.2 Å². The van der Waals surface area contributed by atoms with Crippen LogP contribution in [-0.2, 0) is 16.6 Å². The molecule has 0 heterocycles. The Morgan fingerprint density at radius 3 is 2.10 bits per heavy atom. The lowest BCUT2D eigenvalue weighted by molar-refractivity contribution is 0.466. The molecule has 2 aromatic carbocycles. The van der Waals surface area contributed by atoms with Gasteiger partial charge >= 0.3 is 0 Å². The van der Waals surface area contributed by atoms with Gasteiger partial charge in [-0.25, -0.2) is 13.6 Å². The van der Waals surface area contributed by atoms with Gasteiger partial charge in [-0.2, -0.15) is 0 Å². The third-order valence-electron chi connectivity index (χ3n) is 3.23. The molecule has 4 N–H and O–H groups in total. The Hall–Kier alpha value is -2.05. The van der Waals surface area contributed by atoms with Crippen molar-refractivity contribution in [1.29, 1.82) is 0 Å². The van der Waals surface area contributed by atoms with Gasteiger partial charge in [-0.3, -0.25) is 0 Å². The molecule has 0 unspecified atom stereocenters. The molecule has 0 fully saturated rings. The Balaban J connectivity index is 2.10. The summed E-state index contributed by atoms with van der Waals surface area (Å²) < 4.78 is 22.3. The van der Waals surface area contributed by atoms with Gasteiger partial charge in [-0.05, 0) is 54.8 Å². The second kappa shape index (κ2) is 5.75.